The van der Waals surface area contributed by atoms with E-state index in [1.54, 1.807) is 36.3 Å². The van der Waals surface area contributed by atoms with Crippen LogP contribution in [-0.4, -0.2) is 55.2 Å². The zero-order chi connectivity index (χ0) is 24.8. The Morgan fingerprint density at radius 3 is 2.57 bits per heavy atom. The molecule has 0 spiro atoms. The van der Waals surface area contributed by atoms with Crippen LogP contribution in [0.2, 0.25) is 5.02 Å². The maximum absolute atomic E-state index is 13.5. The van der Waals surface area contributed by atoms with Gasteiger partial charge in [0.1, 0.15) is 18.1 Å². The van der Waals surface area contributed by atoms with Gasteiger partial charge >= 0.3 is 0 Å². The van der Waals surface area contributed by atoms with Crippen molar-refractivity contribution in [1.29, 1.82) is 0 Å². The molecule has 2 aromatic carbocycles. The maximum atomic E-state index is 13.5. The number of hydrogen-bond acceptors (Lipinski definition) is 6. The molecular formula is C26H27ClN2O6. The summed E-state index contributed by atoms with van der Waals surface area (Å²) >= 11 is 6.08. The highest BCUT2D eigenvalue weighted by molar-refractivity contribution is 6.31. The Hall–Kier alpha value is -3.49. The van der Waals surface area contributed by atoms with Crippen molar-refractivity contribution in [1.82, 2.24) is 9.80 Å². The van der Waals surface area contributed by atoms with Crippen LogP contribution < -0.4 is 9.47 Å². The second kappa shape index (κ2) is 11.3. The minimum atomic E-state index is -0.297. The standard InChI is InChI=1S/C26H27ClN2O6/c1-18-6-8-22(35-18)15-29(14-19-7-9-23-24(12-19)34-17-33-23)25(30)16-28(10-11-32-2)26(31)20-4-3-5-21(27)13-20/h3-9,12-13H,10-11,14-17H2,1-2H3. The molecule has 0 N–H and O–H groups in total. The predicted octanol–water partition coefficient (Wildman–Crippen LogP) is 4.29. The molecule has 3 aromatic rings. The van der Waals surface area contributed by atoms with Crippen molar-refractivity contribution in [2.24, 2.45) is 0 Å². The molecule has 0 saturated heterocycles. The molecular weight excluding hydrogens is 472 g/mol. The average molecular weight is 499 g/mol. The zero-order valence-electron chi connectivity index (χ0n) is 19.7. The van der Waals surface area contributed by atoms with Crippen LogP contribution >= 0.6 is 11.6 Å². The first-order valence-electron chi connectivity index (χ1n) is 11.2. The lowest BCUT2D eigenvalue weighted by atomic mass is 10.1. The van der Waals surface area contributed by atoms with Crippen LogP contribution in [-0.2, 0) is 22.6 Å². The summed E-state index contributed by atoms with van der Waals surface area (Å²) in [5.74, 6) is 2.19. The number of methoxy groups -OCH3 is 1. The fourth-order valence-electron chi connectivity index (χ4n) is 3.77. The minimum absolute atomic E-state index is 0.126. The smallest absolute Gasteiger partial charge is 0.254 e. The highest BCUT2D eigenvalue weighted by Gasteiger charge is 2.24. The van der Waals surface area contributed by atoms with Gasteiger partial charge in [-0.3, -0.25) is 9.59 Å². The SMILES string of the molecule is COCCN(CC(=O)N(Cc1ccc2c(c1)OCO2)Cc1ccc(C)o1)C(=O)c1cccc(Cl)c1. The Labute approximate surface area is 208 Å². The van der Waals surface area contributed by atoms with Crippen LogP contribution in [0.3, 0.4) is 0 Å². The quantitative estimate of drug-likeness (QED) is 0.415. The highest BCUT2D eigenvalue weighted by atomic mass is 35.5. The van der Waals surface area contributed by atoms with Crippen molar-refractivity contribution in [2.45, 2.75) is 20.0 Å². The van der Waals surface area contributed by atoms with Crippen molar-refractivity contribution in [3.8, 4) is 11.5 Å². The topological polar surface area (TPSA) is 81.5 Å². The van der Waals surface area contributed by atoms with Gasteiger partial charge in [-0.2, -0.15) is 0 Å². The summed E-state index contributed by atoms with van der Waals surface area (Å²) in [6.45, 7) is 3.00. The first kappa shape index (κ1) is 24.6. The average Bonchev–Trinajstić information content (AvgIpc) is 3.48. The van der Waals surface area contributed by atoms with Crippen molar-refractivity contribution in [3.63, 3.8) is 0 Å². The summed E-state index contributed by atoms with van der Waals surface area (Å²) in [6, 6.07) is 15.9. The van der Waals surface area contributed by atoms with Gasteiger partial charge in [0.05, 0.1) is 13.2 Å². The molecule has 0 fully saturated rings. The fraction of sp³-hybridized carbons (Fsp3) is 0.308. The molecule has 35 heavy (non-hydrogen) atoms. The van der Waals surface area contributed by atoms with E-state index in [2.05, 4.69) is 0 Å². The number of rotatable bonds is 10. The predicted molar refractivity (Wildman–Crippen MR) is 129 cm³/mol. The molecule has 4 rings (SSSR count). The lowest BCUT2D eigenvalue weighted by Gasteiger charge is -2.27. The number of halogens is 1. The summed E-state index contributed by atoms with van der Waals surface area (Å²) in [4.78, 5) is 29.9. The van der Waals surface area contributed by atoms with Gasteiger partial charge in [-0.05, 0) is 55.0 Å². The monoisotopic (exact) mass is 498 g/mol. The molecule has 184 valence electrons. The lowest BCUT2D eigenvalue weighted by Crippen LogP contribution is -2.43. The molecule has 0 bridgehead atoms. The largest absolute Gasteiger partial charge is 0.464 e. The third-order valence-electron chi connectivity index (χ3n) is 5.56. The van der Waals surface area contributed by atoms with E-state index in [0.717, 1.165) is 11.3 Å². The lowest BCUT2D eigenvalue weighted by molar-refractivity contribution is -0.133. The summed E-state index contributed by atoms with van der Waals surface area (Å²) in [5.41, 5.74) is 1.28. The molecule has 2 amide bonds. The van der Waals surface area contributed by atoms with Gasteiger partial charge in [-0.15, -0.1) is 0 Å². The summed E-state index contributed by atoms with van der Waals surface area (Å²) in [7, 11) is 1.55. The maximum Gasteiger partial charge on any atom is 0.254 e. The number of ether oxygens (including phenoxy) is 3. The first-order chi connectivity index (χ1) is 16.9. The molecule has 2 heterocycles. The van der Waals surface area contributed by atoms with Crippen molar-refractivity contribution in [3.05, 3.63) is 82.3 Å². The normalized spacial score (nSPS) is 12.0. The molecule has 9 heteroatoms. The molecule has 0 atom stereocenters. The van der Waals surface area contributed by atoms with E-state index in [9.17, 15) is 9.59 Å². The molecule has 0 unspecified atom stereocenters. The van der Waals surface area contributed by atoms with Gasteiger partial charge in [0.15, 0.2) is 11.5 Å². The van der Waals surface area contributed by atoms with E-state index in [4.69, 9.17) is 30.2 Å². The Kier molecular flexibility index (Phi) is 7.94. The number of aryl methyl sites for hydroxylation is 1. The molecule has 1 aromatic heterocycles. The first-order valence-corrected chi connectivity index (χ1v) is 11.6. The molecule has 0 aliphatic carbocycles. The number of nitrogens with zero attached hydrogens (tertiary/aromatic N) is 2. The van der Waals surface area contributed by atoms with Gasteiger partial charge in [-0.25, -0.2) is 0 Å². The van der Waals surface area contributed by atoms with Gasteiger partial charge in [0.25, 0.3) is 5.91 Å². The number of hydrogen-bond donors (Lipinski definition) is 0. The number of benzene rings is 2. The number of furan rings is 1. The van der Waals surface area contributed by atoms with E-state index >= 15 is 0 Å². The van der Waals surface area contributed by atoms with Gasteiger partial charge in [0, 0.05) is 30.8 Å². The van der Waals surface area contributed by atoms with Gasteiger partial charge in [-0.1, -0.05) is 23.7 Å². The third-order valence-corrected chi connectivity index (χ3v) is 5.79. The summed E-state index contributed by atoms with van der Waals surface area (Å²) < 4.78 is 21.8. The molecule has 1 aliphatic rings. The Morgan fingerprint density at radius 2 is 1.83 bits per heavy atom. The Balaban J connectivity index is 1.55. The van der Waals surface area contributed by atoms with Crippen LogP contribution in [0.5, 0.6) is 11.5 Å². The van der Waals surface area contributed by atoms with Crippen molar-refractivity contribution >= 4 is 23.4 Å². The number of carbonyl (C=O) groups excluding carboxylic acids is 2. The van der Waals surface area contributed by atoms with Crippen LogP contribution in [0.25, 0.3) is 0 Å². The van der Waals surface area contributed by atoms with Gasteiger partial charge in [0.2, 0.25) is 12.7 Å². The second-order valence-corrected chi connectivity index (χ2v) is 8.62. The second-order valence-electron chi connectivity index (χ2n) is 8.18. The molecule has 8 nitrogen and oxygen atoms in total. The molecule has 0 radical (unpaired) electrons. The molecule has 0 saturated carbocycles. The summed E-state index contributed by atoms with van der Waals surface area (Å²) in [5, 5.41) is 0.450. The number of fused-ring (bicyclic) bond motifs is 1. The number of carbonyl (C=O) groups is 2. The van der Waals surface area contributed by atoms with Crippen LogP contribution in [0.1, 0.15) is 27.4 Å². The van der Waals surface area contributed by atoms with Gasteiger partial charge < -0.3 is 28.4 Å². The summed E-state index contributed by atoms with van der Waals surface area (Å²) in [6.07, 6.45) is 0. The highest BCUT2D eigenvalue weighted by Crippen LogP contribution is 2.33. The van der Waals surface area contributed by atoms with E-state index in [0.29, 0.717) is 41.0 Å². The molecule has 1 aliphatic heterocycles. The Bertz CT molecular complexity index is 1190. The van der Waals surface area contributed by atoms with Crippen molar-refractivity contribution < 1.29 is 28.2 Å². The van der Waals surface area contributed by atoms with E-state index < -0.39 is 0 Å². The van der Waals surface area contributed by atoms with E-state index in [1.165, 1.54) is 4.90 Å². The van der Waals surface area contributed by atoms with E-state index in [1.807, 2.05) is 37.3 Å². The van der Waals surface area contributed by atoms with Crippen LogP contribution in [0.4, 0.5) is 0 Å². The van der Waals surface area contributed by atoms with Crippen molar-refractivity contribution in [2.75, 3.05) is 33.6 Å². The fourth-order valence-corrected chi connectivity index (χ4v) is 3.96. The number of amides is 2. The van der Waals surface area contributed by atoms with Crippen LogP contribution in [0, 0.1) is 6.92 Å². The third kappa shape index (κ3) is 6.35. The Morgan fingerprint density at radius 1 is 1.00 bits per heavy atom. The van der Waals surface area contributed by atoms with E-state index in [-0.39, 0.29) is 38.2 Å². The zero-order valence-corrected chi connectivity index (χ0v) is 20.4. The van der Waals surface area contributed by atoms with Crippen LogP contribution in [0.15, 0.2) is 59.0 Å². The minimum Gasteiger partial charge on any atom is -0.464 e.